The summed E-state index contributed by atoms with van der Waals surface area (Å²) in [4.78, 5) is 0. The van der Waals surface area contributed by atoms with E-state index in [0.29, 0.717) is 6.61 Å². The van der Waals surface area contributed by atoms with Gasteiger partial charge in [0.15, 0.2) is 0 Å². The average Bonchev–Trinajstić information content (AvgIpc) is 2.24. The molecule has 0 radical (unpaired) electrons. The predicted octanol–water partition coefficient (Wildman–Crippen LogP) is 3.66. The molecule has 102 valence electrons. The zero-order chi connectivity index (χ0) is 13.0. The molecule has 0 bridgehead atoms. The van der Waals surface area contributed by atoms with Gasteiger partial charge in [0.1, 0.15) is 0 Å². The molecule has 0 aromatic heterocycles. The summed E-state index contributed by atoms with van der Waals surface area (Å²) >= 11 is 0. The van der Waals surface area contributed by atoms with Crippen molar-refractivity contribution in [3.8, 4) is 0 Å². The van der Waals surface area contributed by atoms with Crippen molar-refractivity contribution in [2.24, 2.45) is 0 Å². The van der Waals surface area contributed by atoms with Gasteiger partial charge in [0.2, 0.25) is 0 Å². The highest BCUT2D eigenvalue weighted by molar-refractivity contribution is 7.85. The van der Waals surface area contributed by atoms with Crippen LogP contribution in [0.3, 0.4) is 0 Å². The second-order valence-electron chi connectivity index (χ2n) is 4.43. The van der Waals surface area contributed by atoms with E-state index in [1.807, 2.05) is 6.08 Å². The van der Waals surface area contributed by atoms with Gasteiger partial charge in [0, 0.05) is 0 Å². The van der Waals surface area contributed by atoms with Crippen LogP contribution in [0.5, 0.6) is 0 Å². The van der Waals surface area contributed by atoms with Crippen LogP contribution in [0.1, 0.15) is 57.8 Å². The lowest BCUT2D eigenvalue weighted by Gasteiger charge is -2.02. The first-order valence-corrected chi connectivity index (χ1v) is 8.33. The highest BCUT2D eigenvalue weighted by Crippen LogP contribution is 2.10. The summed E-state index contributed by atoms with van der Waals surface area (Å²) in [6.07, 6.45) is 13.6. The van der Waals surface area contributed by atoms with Crippen molar-refractivity contribution in [1.29, 1.82) is 0 Å². The fourth-order valence-corrected chi connectivity index (χ4v) is 2.08. The molecule has 0 rings (SSSR count). The standard InChI is InChI=1S/C13H26O3S/c1-3-4-5-6-7-8-9-10-11-12-13-16-17(2,14)15/h3H,1,4-13H2,2H3. The molecular weight excluding hydrogens is 236 g/mol. The molecule has 17 heavy (non-hydrogen) atoms. The summed E-state index contributed by atoms with van der Waals surface area (Å²) in [6, 6.07) is 0. The second kappa shape index (κ2) is 10.8. The molecule has 0 aliphatic heterocycles. The fraction of sp³-hybridized carbons (Fsp3) is 0.846. The first-order valence-electron chi connectivity index (χ1n) is 6.51. The van der Waals surface area contributed by atoms with Gasteiger partial charge in [-0.25, -0.2) is 0 Å². The minimum atomic E-state index is -3.24. The molecule has 0 amide bonds. The molecule has 0 spiro atoms. The van der Waals surface area contributed by atoms with Crippen LogP contribution in [-0.4, -0.2) is 21.3 Å². The van der Waals surface area contributed by atoms with Gasteiger partial charge in [-0.2, -0.15) is 8.42 Å². The quantitative estimate of drug-likeness (QED) is 0.306. The Morgan fingerprint density at radius 1 is 0.941 bits per heavy atom. The van der Waals surface area contributed by atoms with E-state index in [4.69, 9.17) is 0 Å². The molecule has 0 aliphatic carbocycles. The van der Waals surface area contributed by atoms with Crippen LogP contribution in [-0.2, 0) is 14.3 Å². The van der Waals surface area contributed by atoms with E-state index in [1.54, 1.807) is 0 Å². The number of unbranched alkanes of at least 4 members (excludes halogenated alkanes) is 8. The van der Waals surface area contributed by atoms with Crippen LogP contribution in [0.25, 0.3) is 0 Å². The summed E-state index contributed by atoms with van der Waals surface area (Å²) in [5, 5.41) is 0. The van der Waals surface area contributed by atoms with E-state index < -0.39 is 10.1 Å². The zero-order valence-corrected chi connectivity index (χ0v) is 11.8. The Morgan fingerprint density at radius 2 is 1.41 bits per heavy atom. The van der Waals surface area contributed by atoms with Crippen molar-refractivity contribution in [1.82, 2.24) is 0 Å². The van der Waals surface area contributed by atoms with E-state index in [9.17, 15) is 8.42 Å². The molecule has 0 atom stereocenters. The Kier molecular flexibility index (Phi) is 10.6. The number of rotatable bonds is 12. The van der Waals surface area contributed by atoms with E-state index in [0.717, 1.165) is 25.5 Å². The van der Waals surface area contributed by atoms with Gasteiger partial charge in [0.25, 0.3) is 10.1 Å². The van der Waals surface area contributed by atoms with Crippen molar-refractivity contribution < 1.29 is 12.6 Å². The Hall–Kier alpha value is -0.350. The average molecular weight is 262 g/mol. The Labute approximate surface area is 106 Å². The summed E-state index contributed by atoms with van der Waals surface area (Å²) in [5.41, 5.74) is 0. The third-order valence-electron chi connectivity index (χ3n) is 2.60. The molecule has 0 fully saturated rings. The van der Waals surface area contributed by atoms with Crippen LogP contribution in [0.15, 0.2) is 12.7 Å². The largest absolute Gasteiger partial charge is 0.270 e. The Balaban J connectivity index is 3.06. The van der Waals surface area contributed by atoms with Crippen LogP contribution in [0.4, 0.5) is 0 Å². The van der Waals surface area contributed by atoms with Gasteiger partial charge in [-0.1, -0.05) is 44.6 Å². The molecule has 4 heteroatoms. The number of hydrogen-bond donors (Lipinski definition) is 0. The molecule has 3 nitrogen and oxygen atoms in total. The summed E-state index contributed by atoms with van der Waals surface area (Å²) in [5.74, 6) is 0. The Morgan fingerprint density at radius 3 is 1.88 bits per heavy atom. The maximum absolute atomic E-state index is 10.7. The lowest BCUT2D eigenvalue weighted by molar-refractivity contribution is 0.309. The molecule has 0 saturated heterocycles. The normalized spacial score (nSPS) is 11.6. The smallest absolute Gasteiger partial charge is 0.264 e. The summed E-state index contributed by atoms with van der Waals surface area (Å²) in [6.45, 7) is 4.03. The maximum Gasteiger partial charge on any atom is 0.264 e. The SMILES string of the molecule is C=CCCCCCCCCCCOS(C)(=O)=O. The van der Waals surface area contributed by atoms with Gasteiger partial charge >= 0.3 is 0 Å². The number of allylic oxidation sites excluding steroid dienone is 1. The van der Waals surface area contributed by atoms with Crippen molar-refractivity contribution in [3.63, 3.8) is 0 Å². The molecule has 0 N–H and O–H groups in total. The van der Waals surface area contributed by atoms with Crippen LogP contribution >= 0.6 is 0 Å². The maximum atomic E-state index is 10.7. The van der Waals surface area contributed by atoms with Crippen molar-refractivity contribution in [2.45, 2.75) is 57.8 Å². The molecule has 0 saturated carbocycles. The van der Waals surface area contributed by atoms with Gasteiger partial charge < -0.3 is 0 Å². The first kappa shape index (κ1) is 16.6. The zero-order valence-electron chi connectivity index (χ0n) is 11.0. The predicted molar refractivity (Wildman–Crippen MR) is 72.5 cm³/mol. The molecule has 0 unspecified atom stereocenters. The lowest BCUT2D eigenvalue weighted by Crippen LogP contribution is -2.03. The van der Waals surface area contributed by atoms with E-state index in [2.05, 4.69) is 10.8 Å². The van der Waals surface area contributed by atoms with Gasteiger partial charge in [0.05, 0.1) is 12.9 Å². The second-order valence-corrected chi connectivity index (χ2v) is 6.08. The van der Waals surface area contributed by atoms with E-state index in [-0.39, 0.29) is 0 Å². The minimum absolute atomic E-state index is 0.332. The third kappa shape index (κ3) is 15.6. The molecule has 0 aromatic rings. The van der Waals surface area contributed by atoms with Crippen LogP contribution in [0, 0.1) is 0 Å². The van der Waals surface area contributed by atoms with E-state index in [1.165, 1.54) is 38.5 Å². The van der Waals surface area contributed by atoms with Gasteiger partial charge in [-0.3, -0.25) is 4.18 Å². The van der Waals surface area contributed by atoms with Crippen molar-refractivity contribution >= 4 is 10.1 Å². The molecular formula is C13H26O3S. The number of hydrogen-bond acceptors (Lipinski definition) is 3. The molecule has 0 heterocycles. The monoisotopic (exact) mass is 262 g/mol. The topological polar surface area (TPSA) is 43.4 Å². The Bertz CT molecular complexity index is 270. The highest BCUT2D eigenvalue weighted by Gasteiger charge is 2.00. The van der Waals surface area contributed by atoms with Crippen molar-refractivity contribution in [3.05, 3.63) is 12.7 Å². The summed E-state index contributed by atoms with van der Waals surface area (Å²) in [7, 11) is -3.24. The minimum Gasteiger partial charge on any atom is -0.270 e. The van der Waals surface area contributed by atoms with Crippen LogP contribution in [0.2, 0.25) is 0 Å². The fourth-order valence-electron chi connectivity index (χ4n) is 1.66. The highest BCUT2D eigenvalue weighted by atomic mass is 32.2. The summed E-state index contributed by atoms with van der Waals surface area (Å²) < 4.78 is 26.0. The van der Waals surface area contributed by atoms with Gasteiger partial charge in [-0.15, -0.1) is 6.58 Å². The molecule has 0 aromatic carbocycles. The van der Waals surface area contributed by atoms with E-state index >= 15 is 0 Å². The van der Waals surface area contributed by atoms with Gasteiger partial charge in [-0.05, 0) is 19.3 Å². The lowest BCUT2D eigenvalue weighted by atomic mass is 10.1. The molecule has 0 aliphatic rings. The van der Waals surface area contributed by atoms with Crippen LogP contribution < -0.4 is 0 Å². The van der Waals surface area contributed by atoms with Crippen molar-refractivity contribution in [2.75, 3.05) is 12.9 Å². The third-order valence-corrected chi connectivity index (χ3v) is 3.19. The first-order chi connectivity index (χ1) is 8.06.